The molecule has 2 aromatic heterocycles. The molecular formula is C13H9N5O3. The van der Waals surface area contributed by atoms with Crippen molar-refractivity contribution in [3.05, 3.63) is 47.8 Å². The van der Waals surface area contributed by atoms with E-state index in [2.05, 4.69) is 25.7 Å². The average molecular weight is 283 g/mol. The van der Waals surface area contributed by atoms with E-state index in [0.717, 1.165) is 0 Å². The molecule has 0 bridgehead atoms. The maximum Gasteiger partial charge on any atom is 0.337 e. The Morgan fingerprint density at radius 2 is 1.95 bits per heavy atom. The van der Waals surface area contributed by atoms with Gasteiger partial charge < -0.3 is 10.4 Å². The standard InChI is InChI=1S/C13H9N5O3/c19-12(7-1-2-9-10(5-7)17-18-16-9)15-11-6-14-4-3-8(11)13(20)21/h1-6H,(H,15,19)(H,20,21)(H,16,17,18). The maximum absolute atomic E-state index is 12.2. The minimum absolute atomic E-state index is 0.0270. The molecule has 8 nitrogen and oxygen atoms in total. The molecule has 0 saturated heterocycles. The Morgan fingerprint density at radius 3 is 2.76 bits per heavy atom. The summed E-state index contributed by atoms with van der Waals surface area (Å²) in [7, 11) is 0. The number of pyridine rings is 1. The topological polar surface area (TPSA) is 121 Å². The lowest BCUT2D eigenvalue weighted by Gasteiger charge is -2.07. The summed E-state index contributed by atoms with van der Waals surface area (Å²) in [6.07, 6.45) is 2.64. The second-order valence-corrected chi connectivity index (χ2v) is 4.21. The van der Waals surface area contributed by atoms with Gasteiger partial charge in [-0.1, -0.05) is 0 Å². The molecule has 0 aliphatic heterocycles. The van der Waals surface area contributed by atoms with Crippen LogP contribution in [0.5, 0.6) is 0 Å². The summed E-state index contributed by atoms with van der Waals surface area (Å²) in [6.45, 7) is 0. The molecule has 0 atom stereocenters. The van der Waals surface area contributed by atoms with Crippen molar-refractivity contribution in [1.29, 1.82) is 0 Å². The number of carbonyl (C=O) groups is 2. The molecule has 1 aromatic carbocycles. The third-order valence-corrected chi connectivity index (χ3v) is 2.88. The van der Waals surface area contributed by atoms with Crippen LogP contribution >= 0.6 is 0 Å². The first-order valence-corrected chi connectivity index (χ1v) is 5.94. The van der Waals surface area contributed by atoms with E-state index in [1.54, 1.807) is 18.2 Å². The highest BCUT2D eigenvalue weighted by molar-refractivity contribution is 6.08. The molecule has 21 heavy (non-hydrogen) atoms. The number of aromatic amines is 1. The molecule has 0 fully saturated rings. The van der Waals surface area contributed by atoms with Crippen LogP contribution in [0.4, 0.5) is 5.69 Å². The molecule has 0 saturated carbocycles. The van der Waals surface area contributed by atoms with Gasteiger partial charge in [0.15, 0.2) is 0 Å². The second-order valence-electron chi connectivity index (χ2n) is 4.21. The Hall–Kier alpha value is -3.29. The number of hydrogen-bond donors (Lipinski definition) is 3. The number of carboxylic acids is 1. The number of aromatic carboxylic acids is 1. The van der Waals surface area contributed by atoms with E-state index in [1.165, 1.54) is 18.5 Å². The predicted octanol–water partition coefficient (Wildman–Crippen LogP) is 1.30. The molecule has 3 N–H and O–H groups in total. The van der Waals surface area contributed by atoms with E-state index in [4.69, 9.17) is 5.11 Å². The molecular weight excluding hydrogens is 274 g/mol. The normalized spacial score (nSPS) is 10.5. The molecule has 0 spiro atoms. The number of benzene rings is 1. The highest BCUT2D eigenvalue weighted by Crippen LogP contribution is 2.16. The summed E-state index contributed by atoms with van der Waals surface area (Å²) in [6, 6.07) is 6.11. The maximum atomic E-state index is 12.2. The smallest absolute Gasteiger partial charge is 0.337 e. The number of carboxylic acid groups (broad SMARTS) is 1. The van der Waals surface area contributed by atoms with Gasteiger partial charge in [0, 0.05) is 11.8 Å². The minimum atomic E-state index is -1.14. The predicted molar refractivity (Wildman–Crippen MR) is 73.0 cm³/mol. The number of fused-ring (bicyclic) bond motifs is 1. The van der Waals surface area contributed by atoms with Crippen LogP contribution in [0, 0.1) is 0 Å². The molecule has 3 rings (SSSR count). The Labute approximate surface area is 117 Å². The lowest BCUT2D eigenvalue weighted by molar-refractivity contribution is 0.0698. The van der Waals surface area contributed by atoms with Crippen LogP contribution in [0.1, 0.15) is 20.7 Å². The van der Waals surface area contributed by atoms with E-state index < -0.39 is 11.9 Å². The van der Waals surface area contributed by atoms with Crippen LogP contribution in [0.25, 0.3) is 11.0 Å². The number of hydrogen-bond acceptors (Lipinski definition) is 5. The van der Waals surface area contributed by atoms with E-state index in [-0.39, 0.29) is 11.3 Å². The molecule has 0 radical (unpaired) electrons. The van der Waals surface area contributed by atoms with Gasteiger partial charge in [-0.25, -0.2) is 4.79 Å². The highest BCUT2D eigenvalue weighted by Gasteiger charge is 2.14. The van der Waals surface area contributed by atoms with Crippen LogP contribution in [-0.4, -0.2) is 37.4 Å². The molecule has 1 amide bonds. The molecule has 0 unspecified atom stereocenters. The summed E-state index contributed by atoms with van der Waals surface area (Å²) in [5.41, 5.74) is 1.64. The summed E-state index contributed by atoms with van der Waals surface area (Å²) < 4.78 is 0. The fraction of sp³-hybridized carbons (Fsp3) is 0. The van der Waals surface area contributed by atoms with Crippen LogP contribution in [0.3, 0.4) is 0 Å². The van der Waals surface area contributed by atoms with Gasteiger partial charge in [-0.3, -0.25) is 9.78 Å². The number of nitrogens with zero attached hydrogens (tertiary/aromatic N) is 3. The largest absolute Gasteiger partial charge is 0.478 e. The molecule has 0 aliphatic carbocycles. The van der Waals surface area contributed by atoms with Crippen LogP contribution in [0.2, 0.25) is 0 Å². The van der Waals surface area contributed by atoms with E-state index >= 15 is 0 Å². The van der Waals surface area contributed by atoms with Crippen molar-refractivity contribution < 1.29 is 14.7 Å². The fourth-order valence-electron chi connectivity index (χ4n) is 1.86. The quantitative estimate of drug-likeness (QED) is 0.666. The van der Waals surface area contributed by atoms with Crippen molar-refractivity contribution in [3.63, 3.8) is 0 Å². The number of aromatic nitrogens is 4. The highest BCUT2D eigenvalue weighted by atomic mass is 16.4. The molecule has 3 aromatic rings. The second kappa shape index (κ2) is 5.00. The third-order valence-electron chi connectivity index (χ3n) is 2.88. The van der Waals surface area contributed by atoms with Gasteiger partial charge in [0.2, 0.25) is 0 Å². The Bertz CT molecular complexity index is 842. The van der Waals surface area contributed by atoms with Gasteiger partial charge in [0.1, 0.15) is 11.0 Å². The van der Waals surface area contributed by atoms with Crippen molar-refractivity contribution >= 4 is 28.6 Å². The number of H-pyrrole nitrogens is 1. The first kappa shape index (κ1) is 12.7. The van der Waals surface area contributed by atoms with Gasteiger partial charge in [0.05, 0.1) is 17.4 Å². The van der Waals surface area contributed by atoms with Gasteiger partial charge in [-0.2, -0.15) is 15.4 Å². The lowest BCUT2D eigenvalue weighted by Crippen LogP contribution is -2.15. The van der Waals surface area contributed by atoms with E-state index in [0.29, 0.717) is 16.6 Å². The summed E-state index contributed by atoms with van der Waals surface area (Å²) in [4.78, 5) is 27.1. The monoisotopic (exact) mass is 283 g/mol. The minimum Gasteiger partial charge on any atom is -0.478 e. The zero-order chi connectivity index (χ0) is 14.8. The Morgan fingerprint density at radius 1 is 1.14 bits per heavy atom. The van der Waals surface area contributed by atoms with Crippen LogP contribution in [0.15, 0.2) is 36.7 Å². The van der Waals surface area contributed by atoms with Crippen molar-refractivity contribution in [2.24, 2.45) is 0 Å². The number of carbonyl (C=O) groups excluding carboxylic acids is 1. The van der Waals surface area contributed by atoms with Crippen molar-refractivity contribution in [3.8, 4) is 0 Å². The van der Waals surface area contributed by atoms with E-state index in [1.807, 2.05) is 0 Å². The molecule has 104 valence electrons. The Kier molecular flexibility index (Phi) is 3.03. The molecule has 2 heterocycles. The van der Waals surface area contributed by atoms with Crippen LogP contribution in [-0.2, 0) is 0 Å². The molecule has 8 heteroatoms. The first-order valence-electron chi connectivity index (χ1n) is 5.94. The number of anilines is 1. The van der Waals surface area contributed by atoms with Crippen LogP contribution < -0.4 is 5.32 Å². The number of amides is 1. The average Bonchev–Trinajstić information content (AvgIpc) is 2.94. The summed E-state index contributed by atoms with van der Waals surface area (Å²) >= 11 is 0. The van der Waals surface area contributed by atoms with Gasteiger partial charge >= 0.3 is 5.97 Å². The van der Waals surface area contributed by atoms with E-state index in [9.17, 15) is 9.59 Å². The van der Waals surface area contributed by atoms with Gasteiger partial charge in [-0.15, -0.1) is 0 Å². The SMILES string of the molecule is O=C(Nc1cnccc1C(=O)O)c1ccc2n[nH]nc2c1. The van der Waals surface area contributed by atoms with Crippen molar-refractivity contribution in [1.82, 2.24) is 20.4 Å². The van der Waals surface area contributed by atoms with Gasteiger partial charge in [-0.05, 0) is 24.3 Å². The Balaban J connectivity index is 1.91. The lowest BCUT2D eigenvalue weighted by atomic mass is 10.1. The fourth-order valence-corrected chi connectivity index (χ4v) is 1.86. The summed E-state index contributed by atoms with van der Waals surface area (Å²) in [5.74, 6) is -1.59. The first-order chi connectivity index (χ1) is 10.1. The zero-order valence-electron chi connectivity index (χ0n) is 10.6. The third kappa shape index (κ3) is 2.41. The molecule has 0 aliphatic rings. The zero-order valence-corrected chi connectivity index (χ0v) is 10.6. The number of rotatable bonds is 3. The van der Waals surface area contributed by atoms with Crippen molar-refractivity contribution in [2.45, 2.75) is 0 Å². The number of nitrogens with one attached hydrogen (secondary N) is 2. The summed E-state index contributed by atoms with van der Waals surface area (Å²) in [5, 5.41) is 21.8. The van der Waals surface area contributed by atoms with Crippen molar-refractivity contribution in [2.75, 3.05) is 5.32 Å². The van der Waals surface area contributed by atoms with Gasteiger partial charge in [0.25, 0.3) is 5.91 Å².